The summed E-state index contributed by atoms with van der Waals surface area (Å²) in [5.41, 5.74) is 2.89. The molecule has 8 heteroatoms. The largest absolute Gasteiger partial charge is 0.497 e. The minimum atomic E-state index is -0.307. The minimum Gasteiger partial charge on any atom is -0.497 e. The van der Waals surface area contributed by atoms with Gasteiger partial charge in [0.1, 0.15) is 28.1 Å². The van der Waals surface area contributed by atoms with Gasteiger partial charge in [-0.15, -0.1) is 0 Å². The van der Waals surface area contributed by atoms with Crippen molar-refractivity contribution in [1.29, 1.82) is 5.26 Å². The first kappa shape index (κ1) is 24.5. The van der Waals surface area contributed by atoms with Crippen LogP contribution in [0.15, 0.2) is 41.2 Å². The first-order valence-corrected chi connectivity index (χ1v) is 13.0. The Morgan fingerprint density at radius 1 is 1.14 bits per heavy atom. The van der Waals surface area contributed by atoms with Crippen LogP contribution in [0.2, 0.25) is 5.15 Å². The Kier molecular flexibility index (Phi) is 6.81. The normalized spacial score (nSPS) is 19.6. The van der Waals surface area contributed by atoms with E-state index in [2.05, 4.69) is 39.1 Å². The molecule has 188 valence electrons. The lowest BCUT2D eigenvalue weighted by atomic mass is 9.88. The zero-order chi connectivity index (χ0) is 25.4. The van der Waals surface area contributed by atoms with Crippen LogP contribution in [0.1, 0.15) is 44.1 Å². The number of methoxy groups -OCH3 is 1. The van der Waals surface area contributed by atoms with Crippen molar-refractivity contribution in [2.24, 2.45) is 13.0 Å². The van der Waals surface area contributed by atoms with Gasteiger partial charge in [-0.05, 0) is 68.7 Å². The number of pyridine rings is 2. The molecule has 7 nitrogen and oxygen atoms in total. The number of aromatic nitrogens is 2. The number of hydrogen-bond acceptors (Lipinski definition) is 6. The van der Waals surface area contributed by atoms with Gasteiger partial charge in [-0.3, -0.25) is 4.79 Å². The summed E-state index contributed by atoms with van der Waals surface area (Å²) >= 11 is 6.23. The van der Waals surface area contributed by atoms with E-state index in [1.165, 1.54) is 23.1 Å². The molecule has 1 aromatic carbocycles. The van der Waals surface area contributed by atoms with Crippen LogP contribution in [-0.2, 0) is 7.05 Å². The Labute approximate surface area is 216 Å². The molecule has 0 bridgehead atoms. The zero-order valence-electron chi connectivity index (χ0n) is 21.1. The van der Waals surface area contributed by atoms with Crippen molar-refractivity contribution in [1.82, 2.24) is 9.55 Å². The van der Waals surface area contributed by atoms with E-state index in [0.29, 0.717) is 27.9 Å². The molecule has 5 rings (SSSR count). The number of benzene rings is 1. The fourth-order valence-corrected chi connectivity index (χ4v) is 5.73. The first-order chi connectivity index (χ1) is 17.4. The third-order valence-corrected chi connectivity index (χ3v) is 8.05. The van der Waals surface area contributed by atoms with Crippen molar-refractivity contribution >= 4 is 34.0 Å². The summed E-state index contributed by atoms with van der Waals surface area (Å²) in [6.07, 6.45) is 6.63. The topological polar surface area (TPSA) is 74.4 Å². The molecular formula is C28H32ClN5O2. The monoisotopic (exact) mass is 505 g/mol. The number of aryl methyl sites for hydroxylation is 1. The Morgan fingerprint density at radius 2 is 1.86 bits per heavy atom. The number of rotatable bonds is 7. The summed E-state index contributed by atoms with van der Waals surface area (Å²) in [4.78, 5) is 22.2. The van der Waals surface area contributed by atoms with E-state index in [9.17, 15) is 10.1 Å². The third kappa shape index (κ3) is 4.62. The van der Waals surface area contributed by atoms with Crippen LogP contribution in [0.3, 0.4) is 0 Å². The van der Waals surface area contributed by atoms with Crippen LogP contribution in [0.4, 0.5) is 11.4 Å². The van der Waals surface area contributed by atoms with Crippen LogP contribution in [0, 0.1) is 17.2 Å². The quantitative estimate of drug-likeness (QED) is 0.414. The lowest BCUT2D eigenvalue weighted by Gasteiger charge is -2.41. The van der Waals surface area contributed by atoms with Crippen LogP contribution in [0.25, 0.3) is 11.0 Å². The summed E-state index contributed by atoms with van der Waals surface area (Å²) in [7, 11) is 5.36. The van der Waals surface area contributed by atoms with Gasteiger partial charge in [0.15, 0.2) is 0 Å². The molecule has 2 aliphatic carbocycles. The molecule has 0 radical (unpaired) electrons. The van der Waals surface area contributed by atoms with E-state index < -0.39 is 0 Å². The number of halogens is 1. The van der Waals surface area contributed by atoms with Crippen LogP contribution in [0.5, 0.6) is 5.75 Å². The van der Waals surface area contributed by atoms with Gasteiger partial charge in [0, 0.05) is 44.5 Å². The summed E-state index contributed by atoms with van der Waals surface area (Å²) < 4.78 is 6.97. The van der Waals surface area contributed by atoms with Crippen molar-refractivity contribution in [2.75, 3.05) is 30.5 Å². The number of nitriles is 1. The lowest BCUT2D eigenvalue weighted by Crippen LogP contribution is -2.44. The summed E-state index contributed by atoms with van der Waals surface area (Å²) in [6, 6.07) is 14.7. The number of ether oxygens (including phenoxy) is 1. The van der Waals surface area contributed by atoms with E-state index >= 15 is 0 Å². The highest BCUT2D eigenvalue weighted by Gasteiger charge is 2.33. The molecular weight excluding hydrogens is 474 g/mol. The standard InChI is InChI=1S/C28H32ClN5O2/c1-32(27-23(16-30)28(35)33(2)24-13-14-25(29)31-26(24)27)19-9-11-20(12-10-19)34(17-18-7-8-18)21-5-4-6-22(15-21)36-3/h4-6,13-15,18-20H,7-12,17H2,1-3H3/t19-,20+. The van der Waals surface area contributed by atoms with Crippen molar-refractivity contribution in [2.45, 2.75) is 50.6 Å². The summed E-state index contributed by atoms with van der Waals surface area (Å²) in [6.45, 7) is 1.08. The average Bonchev–Trinajstić information content (AvgIpc) is 3.73. The number of hydrogen-bond donors (Lipinski definition) is 0. The molecule has 0 N–H and O–H groups in total. The maximum absolute atomic E-state index is 13.0. The Balaban J connectivity index is 1.41. The lowest BCUT2D eigenvalue weighted by molar-refractivity contribution is 0.364. The SMILES string of the molecule is COc1cccc(N(CC2CC2)[C@H]2CC[C@@H](N(C)c3c(C#N)c(=O)n(C)c4ccc(Cl)nc34)CC2)c1. The van der Waals surface area contributed by atoms with E-state index in [-0.39, 0.29) is 17.2 Å². The second-order valence-corrected chi connectivity index (χ2v) is 10.5. The molecule has 36 heavy (non-hydrogen) atoms. The Bertz CT molecular complexity index is 1370. The molecule has 0 unspecified atom stereocenters. The summed E-state index contributed by atoms with van der Waals surface area (Å²) in [5, 5.41) is 10.3. The predicted molar refractivity (Wildman–Crippen MR) is 144 cm³/mol. The molecule has 2 saturated carbocycles. The van der Waals surface area contributed by atoms with Crippen LogP contribution >= 0.6 is 11.6 Å². The fraction of sp³-hybridized carbons (Fsp3) is 0.464. The first-order valence-electron chi connectivity index (χ1n) is 12.6. The van der Waals surface area contributed by atoms with Gasteiger partial charge in [-0.2, -0.15) is 5.26 Å². The Hall–Kier alpha value is -3.24. The zero-order valence-corrected chi connectivity index (χ0v) is 21.8. The molecule has 2 aliphatic rings. The third-order valence-electron chi connectivity index (χ3n) is 7.84. The van der Waals surface area contributed by atoms with E-state index in [0.717, 1.165) is 43.9 Å². The van der Waals surface area contributed by atoms with Gasteiger partial charge in [0.25, 0.3) is 5.56 Å². The molecule has 0 amide bonds. The molecule has 0 aliphatic heterocycles. The highest BCUT2D eigenvalue weighted by Crippen LogP contribution is 2.38. The minimum absolute atomic E-state index is 0.121. The molecule has 0 saturated heterocycles. The number of anilines is 2. The second-order valence-electron chi connectivity index (χ2n) is 10.1. The van der Waals surface area contributed by atoms with Crippen LogP contribution < -0.4 is 20.1 Å². The maximum Gasteiger partial charge on any atom is 0.270 e. The number of fused-ring (bicyclic) bond motifs is 1. The van der Waals surface area contributed by atoms with Crippen LogP contribution in [-0.4, -0.2) is 42.3 Å². The van der Waals surface area contributed by atoms with Crippen molar-refractivity contribution in [3.05, 3.63) is 57.5 Å². The molecule has 0 spiro atoms. The van der Waals surface area contributed by atoms with Gasteiger partial charge in [-0.1, -0.05) is 17.7 Å². The van der Waals surface area contributed by atoms with Gasteiger partial charge in [0.2, 0.25) is 0 Å². The predicted octanol–water partition coefficient (Wildman–Crippen LogP) is 5.13. The molecule has 2 aromatic heterocycles. The van der Waals surface area contributed by atoms with Crippen molar-refractivity contribution in [3.8, 4) is 11.8 Å². The van der Waals surface area contributed by atoms with Gasteiger partial charge < -0.3 is 19.1 Å². The van der Waals surface area contributed by atoms with E-state index in [4.69, 9.17) is 16.3 Å². The maximum atomic E-state index is 13.0. The molecule has 2 heterocycles. The van der Waals surface area contributed by atoms with Gasteiger partial charge >= 0.3 is 0 Å². The highest BCUT2D eigenvalue weighted by molar-refractivity contribution is 6.29. The smallest absolute Gasteiger partial charge is 0.270 e. The van der Waals surface area contributed by atoms with Crippen molar-refractivity contribution < 1.29 is 4.74 Å². The molecule has 0 atom stereocenters. The summed E-state index contributed by atoms with van der Waals surface area (Å²) in [5.74, 6) is 1.66. The average molecular weight is 506 g/mol. The fourth-order valence-electron chi connectivity index (χ4n) is 5.59. The highest BCUT2D eigenvalue weighted by atomic mass is 35.5. The number of nitrogens with zero attached hydrogens (tertiary/aromatic N) is 5. The second kappa shape index (κ2) is 10.0. The van der Waals surface area contributed by atoms with Gasteiger partial charge in [-0.25, -0.2) is 4.98 Å². The van der Waals surface area contributed by atoms with Gasteiger partial charge in [0.05, 0.1) is 18.3 Å². The molecule has 3 aromatic rings. The van der Waals surface area contributed by atoms with Crippen molar-refractivity contribution in [3.63, 3.8) is 0 Å². The molecule has 2 fully saturated rings. The Morgan fingerprint density at radius 3 is 2.53 bits per heavy atom. The van der Waals surface area contributed by atoms with E-state index in [1.54, 1.807) is 26.3 Å². The van der Waals surface area contributed by atoms with E-state index in [1.807, 2.05) is 13.1 Å².